The highest BCUT2D eigenvalue weighted by molar-refractivity contribution is 6.31. The van der Waals surface area contributed by atoms with Gasteiger partial charge in [0.15, 0.2) is 5.82 Å². The average Bonchev–Trinajstić information content (AvgIpc) is 3.36. The summed E-state index contributed by atoms with van der Waals surface area (Å²) in [4.78, 5) is 29.4. The van der Waals surface area contributed by atoms with E-state index >= 15 is 0 Å². The minimum atomic E-state index is -1.50. The molecule has 1 heterocycles. The fourth-order valence-corrected chi connectivity index (χ4v) is 4.44. The molecule has 0 radical (unpaired) electrons. The van der Waals surface area contributed by atoms with Gasteiger partial charge in [0.1, 0.15) is 0 Å². The first-order chi connectivity index (χ1) is 18.0. The number of aromatic nitrogens is 2. The molecule has 3 aromatic rings. The molecule has 0 spiro atoms. The molecule has 0 aliphatic rings. The quantitative estimate of drug-likeness (QED) is 0.168. The smallest absolute Gasteiger partial charge is 0.394 e. The summed E-state index contributed by atoms with van der Waals surface area (Å²) in [5.74, 6) is -1.30. The van der Waals surface area contributed by atoms with Crippen molar-refractivity contribution in [3.05, 3.63) is 70.5 Å². The fourth-order valence-electron chi connectivity index (χ4n) is 4.23. The van der Waals surface area contributed by atoms with E-state index in [0.29, 0.717) is 16.7 Å². The summed E-state index contributed by atoms with van der Waals surface area (Å²) in [6, 6.07) is 14.4. The van der Waals surface area contributed by atoms with Crippen LogP contribution in [-0.2, 0) is 29.1 Å². The second-order valence-corrected chi connectivity index (χ2v) is 9.82. The van der Waals surface area contributed by atoms with Gasteiger partial charge in [-0.15, -0.1) is 0 Å². The number of amides is 1. The highest BCUT2D eigenvalue weighted by Crippen LogP contribution is 2.21. The average molecular weight is 526 g/mol. The van der Waals surface area contributed by atoms with Crippen molar-refractivity contribution in [3.63, 3.8) is 0 Å². The zero-order valence-corrected chi connectivity index (χ0v) is 22.3. The van der Waals surface area contributed by atoms with Crippen LogP contribution in [0.4, 0.5) is 0 Å². The Labute approximate surface area is 223 Å². The van der Waals surface area contributed by atoms with Gasteiger partial charge in [0.2, 0.25) is 0 Å². The van der Waals surface area contributed by atoms with Gasteiger partial charge in [0.25, 0.3) is 5.89 Å². The maximum Gasteiger partial charge on any atom is 0.394 e. The van der Waals surface area contributed by atoms with Gasteiger partial charge in [-0.1, -0.05) is 99.3 Å². The number of hydrogen-bond donors (Lipinski definition) is 1. The van der Waals surface area contributed by atoms with Crippen molar-refractivity contribution in [3.8, 4) is 11.5 Å². The van der Waals surface area contributed by atoms with Crippen LogP contribution >= 0.6 is 11.6 Å². The van der Waals surface area contributed by atoms with E-state index in [1.165, 1.54) is 56.3 Å². The Kier molecular flexibility index (Phi) is 11.6. The van der Waals surface area contributed by atoms with E-state index in [1.54, 1.807) is 24.3 Å². The van der Waals surface area contributed by atoms with Crippen molar-refractivity contribution in [1.82, 2.24) is 15.0 Å². The van der Waals surface area contributed by atoms with Crippen LogP contribution in [0.5, 0.6) is 0 Å². The third kappa shape index (κ3) is 9.65. The molecule has 0 unspecified atom stereocenters. The number of carboxylic acid groups (broad SMARTS) is 1. The normalized spacial score (nSPS) is 11.0. The molecule has 0 bridgehead atoms. The van der Waals surface area contributed by atoms with Gasteiger partial charge in [-0.25, -0.2) is 4.79 Å². The van der Waals surface area contributed by atoms with E-state index in [2.05, 4.69) is 17.1 Å². The van der Waals surface area contributed by atoms with Crippen LogP contribution < -0.4 is 0 Å². The molecule has 1 aromatic heterocycles. The number of unbranched alkanes of at least 4 members (excludes halogenated alkanes) is 8. The number of hydrogen-bond acceptors (Lipinski definition) is 5. The Balaban J connectivity index is 1.50. The molecule has 1 amide bonds. The van der Waals surface area contributed by atoms with Crippen LogP contribution in [0.15, 0.2) is 53.1 Å². The van der Waals surface area contributed by atoms with E-state index in [-0.39, 0.29) is 13.1 Å². The second kappa shape index (κ2) is 15.2. The van der Waals surface area contributed by atoms with E-state index in [9.17, 15) is 14.7 Å². The van der Waals surface area contributed by atoms with Crippen molar-refractivity contribution >= 4 is 23.5 Å². The lowest BCUT2D eigenvalue weighted by atomic mass is 10.1. The third-order valence-corrected chi connectivity index (χ3v) is 6.51. The van der Waals surface area contributed by atoms with Crippen molar-refractivity contribution in [2.24, 2.45) is 0 Å². The molecule has 0 aliphatic heterocycles. The summed E-state index contributed by atoms with van der Waals surface area (Å²) in [6.07, 6.45) is 12.2. The van der Waals surface area contributed by atoms with Gasteiger partial charge < -0.3 is 14.5 Å². The van der Waals surface area contributed by atoms with Gasteiger partial charge in [0, 0.05) is 30.1 Å². The molecule has 3 rings (SSSR count). The largest absolute Gasteiger partial charge is 0.474 e. The molecule has 0 fully saturated rings. The number of halogens is 1. The molecular formula is C29H36ClN3O4. The van der Waals surface area contributed by atoms with E-state index in [1.807, 2.05) is 24.3 Å². The summed E-state index contributed by atoms with van der Waals surface area (Å²) in [7, 11) is 0. The zero-order valence-electron chi connectivity index (χ0n) is 21.5. The Bertz CT molecular complexity index is 1130. The van der Waals surface area contributed by atoms with Crippen molar-refractivity contribution in [2.75, 3.05) is 0 Å². The second-order valence-electron chi connectivity index (χ2n) is 9.39. The number of aryl methyl sites for hydroxylation is 1. The zero-order chi connectivity index (χ0) is 26.5. The van der Waals surface area contributed by atoms with Crippen LogP contribution in [0.25, 0.3) is 11.5 Å². The molecule has 7 nitrogen and oxygen atoms in total. The molecule has 37 heavy (non-hydrogen) atoms. The lowest BCUT2D eigenvalue weighted by molar-refractivity contribution is -0.156. The Morgan fingerprint density at radius 3 is 2.19 bits per heavy atom. The first-order valence-corrected chi connectivity index (χ1v) is 13.5. The maximum atomic E-state index is 12.3. The van der Waals surface area contributed by atoms with Gasteiger partial charge in [-0.05, 0) is 41.8 Å². The minimum absolute atomic E-state index is 0.138. The Hall–Kier alpha value is -3.19. The number of carbonyl (C=O) groups is 2. The van der Waals surface area contributed by atoms with Gasteiger partial charge in [-0.3, -0.25) is 4.79 Å². The maximum absolute atomic E-state index is 12.3. The lowest BCUT2D eigenvalue weighted by Gasteiger charge is -2.21. The molecule has 0 atom stereocenters. The number of carbonyl (C=O) groups excluding carboxylic acids is 1. The first-order valence-electron chi connectivity index (χ1n) is 13.1. The highest BCUT2D eigenvalue weighted by Gasteiger charge is 2.22. The van der Waals surface area contributed by atoms with Crippen LogP contribution in [0.3, 0.4) is 0 Å². The number of nitrogens with zero attached hydrogens (tertiary/aromatic N) is 3. The molecule has 198 valence electrons. The van der Waals surface area contributed by atoms with Gasteiger partial charge in [0.05, 0.1) is 0 Å². The van der Waals surface area contributed by atoms with Crippen LogP contribution in [0.2, 0.25) is 5.02 Å². The first kappa shape index (κ1) is 28.4. The number of benzene rings is 2. The SMILES string of the molecule is CCCCCCCCCCCc1noc(-c2ccc(CN(Cc3cccc(Cl)c3)C(=O)C(=O)O)cc2)n1. The number of carboxylic acids is 1. The van der Waals surface area contributed by atoms with Gasteiger partial charge in [-0.2, -0.15) is 4.98 Å². The van der Waals surface area contributed by atoms with E-state index in [4.69, 9.17) is 16.1 Å². The summed E-state index contributed by atoms with van der Waals surface area (Å²) in [5.41, 5.74) is 2.32. The fraction of sp³-hybridized carbons (Fsp3) is 0.448. The topological polar surface area (TPSA) is 96.5 Å². The molecule has 1 N–H and O–H groups in total. The van der Waals surface area contributed by atoms with Crippen molar-refractivity contribution < 1.29 is 19.2 Å². The standard InChI is InChI=1S/C29H36ClN3O4/c1-2-3-4-5-6-7-8-9-10-14-26-31-27(37-32-26)24-17-15-22(16-18-24)20-33(28(34)29(35)36)21-23-12-11-13-25(30)19-23/h11-13,15-19H,2-10,14,20-21H2,1H3,(H,35,36). The van der Waals surface area contributed by atoms with Crippen molar-refractivity contribution in [2.45, 2.75) is 84.2 Å². The Morgan fingerprint density at radius 1 is 0.892 bits per heavy atom. The molecule has 0 aliphatic carbocycles. The van der Waals surface area contributed by atoms with Crippen LogP contribution in [-0.4, -0.2) is 32.0 Å². The summed E-state index contributed by atoms with van der Waals surface area (Å²) in [5, 5.41) is 13.9. The van der Waals surface area contributed by atoms with E-state index in [0.717, 1.165) is 29.5 Å². The van der Waals surface area contributed by atoms with Crippen LogP contribution in [0.1, 0.15) is 81.7 Å². The van der Waals surface area contributed by atoms with Crippen LogP contribution in [0, 0.1) is 0 Å². The molecule has 0 saturated carbocycles. The molecule has 8 heteroatoms. The predicted molar refractivity (Wildman–Crippen MR) is 144 cm³/mol. The summed E-state index contributed by atoms with van der Waals surface area (Å²) < 4.78 is 5.45. The minimum Gasteiger partial charge on any atom is -0.474 e. The third-order valence-electron chi connectivity index (χ3n) is 6.28. The molecule has 2 aromatic carbocycles. The Morgan fingerprint density at radius 2 is 1.54 bits per heavy atom. The van der Waals surface area contributed by atoms with Gasteiger partial charge >= 0.3 is 11.9 Å². The highest BCUT2D eigenvalue weighted by atomic mass is 35.5. The monoisotopic (exact) mass is 525 g/mol. The number of aliphatic carboxylic acids is 1. The summed E-state index contributed by atoms with van der Waals surface area (Å²) >= 11 is 6.04. The van der Waals surface area contributed by atoms with E-state index < -0.39 is 11.9 Å². The number of rotatable bonds is 15. The molecular weight excluding hydrogens is 490 g/mol. The lowest BCUT2D eigenvalue weighted by Crippen LogP contribution is -2.35. The van der Waals surface area contributed by atoms with Crippen molar-refractivity contribution in [1.29, 1.82) is 0 Å². The molecule has 0 saturated heterocycles. The predicted octanol–water partition coefficient (Wildman–Crippen LogP) is 7.08. The summed E-state index contributed by atoms with van der Waals surface area (Å²) in [6.45, 7) is 2.52.